The molecule has 188 valence electrons. The van der Waals surface area contributed by atoms with Gasteiger partial charge in [-0.1, -0.05) is 13.3 Å². The number of alkyl halides is 3. The summed E-state index contributed by atoms with van der Waals surface area (Å²) in [6.45, 7) is 1.87. The van der Waals surface area contributed by atoms with Crippen molar-refractivity contribution < 1.29 is 40.7 Å². The molecular formula is C21H21F3N4O6S. The monoisotopic (exact) mass is 514 g/mol. The molecule has 3 rings (SSSR count). The zero-order valence-corrected chi connectivity index (χ0v) is 19.2. The second-order valence-electron chi connectivity index (χ2n) is 7.47. The number of nitrogens with one attached hydrogen (secondary N) is 1. The fourth-order valence-corrected chi connectivity index (χ4v) is 3.91. The molecule has 2 aromatic rings. The highest BCUT2D eigenvalue weighted by molar-refractivity contribution is 7.92. The fourth-order valence-electron chi connectivity index (χ4n) is 3.15. The molecule has 10 nitrogen and oxygen atoms in total. The topological polar surface area (TPSA) is 126 Å². The average molecular weight is 514 g/mol. The van der Waals surface area contributed by atoms with Crippen molar-refractivity contribution >= 4 is 39.4 Å². The molecule has 0 saturated carbocycles. The number of halogens is 3. The van der Waals surface area contributed by atoms with Gasteiger partial charge in [0.1, 0.15) is 12.4 Å². The van der Waals surface area contributed by atoms with Gasteiger partial charge in [0.15, 0.2) is 0 Å². The van der Waals surface area contributed by atoms with Crippen LogP contribution < -0.4 is 10.2 Å². The molecule has 14 heteroatoms. The number of benzene rings is 1. The summed E-state index contributed by atoms with van der Waals surface area (Å²) in [6.07, 6.45) is 2.29. The average Bonchev–Trinajstić information content (AvgIpc) is 3.06. The minimum atomic E-state index is -5.56. The van der Waals surface area contributed by atoms with Gasteiger partial charge in [0, 0.05) is 12.7 Å². The lowest BCUT2D eigenvalue weighted by Crippen LogP contribution is -2.32. The maximum Gasteiger partial charge on any atom is 0.501 e. The van der Waals surface area contributed by atoms with Gasteiger partial charge in [-0.15, -0.1) is 0 Å². The van der Waals surface area contributed by atoms with E-state index in [-0.39, 0.29) is 31.2 Å². The van der Waals surface area contributed by atoms with Crippen LogP contribution in [0.3, 0.4) is 0 Å². The first kappa shape index (κ1) is 25.9. The lowest BCUT2D eigenvalue weighted by Gasteiger charge is -2.18. The van der Waals surface area contributed by atoms with Crippen molar-refractivity contribution in [2.45, 2.75) is 36.7 Å². The Morgan fingerprint density at radius 3 is 2.49 bits per heavy atom. The molecule has 1 aliphatic heterocycles. The van der Waals surface area contributed by atoms with Crippen LogP contribution in [-0.2, 0) is 25.9 Å². The lowest BCUT2D eigenvalue weighted by molar-refractivity contribution is -0.116. The maximum atomic E-state index is 12.8. The van der Waals surface area contributed by atoms with Crippen LogP contribution >= 0.6 is 0 Å². The van der Waals surface area contributed by atoms with Crippen molar-refractivity contribution in [3.8, 4) is 0 Å². The molecule has 4 amide bonds. The van der Waals surface area contributed by atoms with Gasteiger partial charge in [-0.2, -0.15) is 13.2 Å². The van der Waals surface area contributed by atoms with E-state index < -0.39 is 38.3 Å². The number of ether oxygens (including phenoxy) is 1. The number of hydrogen-bond acceptors (Lipinski definition) is 7. The summed E-state index contributed by atoms with van der Waals surface area (Å²) in [5.41, 5.74) is -5.01. The van der Waals surface area contributed by atoms with Gasteiger partial charge in [-0.3, -0.25) is 10.1 Å². The fraction of sp³-hybridized carbons (Fsp3) is 0.333. The van der Waals surface area contributed by atoms with E-state index in [1.807, 2.05) is 6.92 Å². The van der Waals surface area contributed by atoms with Gasteiger partial charge in [0.05, 0.1) is 17.2 Å². The molecular weight excluding hydrogens is 493 g/mol. The van der Waals surface area contributed by atoms with Crippen molar-refractivity contribution in [2.24, 2.45) is 0 Å². The molecule has 0 radical (unpaired) electrons. The van der Waals surface area contributed by atoms with E-state index in [0.717, 1.165) is 23.5 Å². The number of aromatic nitrogens is 1. The Balaban J connectivity index is 1.69. The molecule has 1 saturated heterocycles. The standard InChI is InChI=1S/C21H21F3N4O6S/c1-2-3-10-34-19(30)26-17-11-14(8-9-25-17)12-27-13-18(29)28(20(27)31)15-4-6-16(7-5-15)35(32,33)21(22,23)24/h4-9,11H,2-3,10,12-13H2,1H3,(H,25,26,30). The second-order valence-corrected chi connectivity index (χ2v) is 9.42. The first-order valence-electron chi connectivity index (χ1n) is 10.4. The largest absolute Gasteiger partial charge is 0.501 e. The number of rotatable bonds is 8. The van der Waals surface area contributed by atoms with Gasteiger partial charge in [0.2, 0.25) is 0 Å². The zero-order chi connectivity index (χ0) is 25.8. The summed E-state index contributed by atoms with van der Waals surface area (Å²) in [5.74, 6) is -0.464. The van der Waals surface area contributed by atoms with Crippen LogP contribution in [0.1, 0.15) is 25.3 Å². The van der Waals surface area contributed by atoms with Crippen LogP contribution in [0.15, 0.2) is 47.5 Å². The number of carbonyl (C=O) groups excluding carboxylic acids is 3. The predicted molar refractivity (Wildman–Crippen MR) is 117 cm³/mol. The van der Waals surface area contributed by atoms with Gasteiger partial charge in [-0.25, -0.2) is 27.9 Å². The number of pyridine rings is 1. The number of urea groups is 1. The van der Waals surface area contributed by atoms with Crippen LogP contribution in [0, 0.1) is 0 Å². The van der Waals surface area contributed by atoms with Crippen molar-refractivity contribution in [1.82, 2.24) is 9.88 Å². The predicted octanol–water partition coefficient (Wildman–Crippen LogP) is 3.69. The second kappa shape index (κ2) is 10.3. The van der Waals surface area contributed by atoms with Gasteiger partial charge >= 0.3 is 17.6 Å². The van der Waals surface area contributed by atoms with E-state index in [1.54, 1.807) is 6.07 Å². The third-order valence-electron chi connectivity index (χ3n) is 4.91. The quantitative estimate of drug-likeness (QED) is 0.421. The van der Waals surface area contributed by atoms with E-state index in [9.17, 15) is 36.0 Å². The molecule has 0 atom stereocenters. The molecule has 2 heterocycles. The van der Waals surface area contributed by atoms with Crippen molar-refractivity contribution in [3.63, 3.8) is 0 Å². The molecule has 0 aliphatic carbocycles. The Kier molecular flexibility index (Phi) is 7.63. The van der Waals surface area contributed by atoms with Crippen molar-refractivity contribution in [1.29, 1.82) is 0 Å². The molecule has 1 aromatic carbocycles. The van der Waals surface area contributed by atoms with Crippen LogP contribution in [0.2, 0.25) is 0 Å². The number of sulfone groups is 1. The number of hydrogen-bond donors (Lipinski definition) is 1. The van der Waals surface area contributed by atoms with E-state index >= 15 is 0 Å². The normalized spacial score (nSPS) is 14.4. The molecule has 0 bridgehead atoms. The summed E-state index contributed by atoms with van der Waals surface area (Å²) >= 11 is 0. The minimum absolute atomic E-state index is 0.0241. The van der Waals surface area contributed by atoms with Crippen LogP contribution in [0.25, 0.3) is 0 Å². The molecule has 1 aliphatic rings. The van der Waals surface area contributed by atoms with Crippen molar-refractivity contribution in [3.05, 3.63) is 48.2 Å². The van der Waals surface area contributed by atoms with Crippen molar-refractivity contribution in [2.75, 3.05) is 23.4 Å². The first-order valence-corrected chi connectivity index (χ1v) is 11.8. The Morgan fingerprint density at radius 1 is 1.17 bits per heavy atom. The zero-order valence-electron chi connectivity index (χ0n) is 18.4. The Bertz CT molecular complexity index is 1220. The number of amides is 4. The SMILES string of the molecule is CCCCOC(=O)Nc1cc(CN2CC(=O)N(c3ccc(S(=O)(=O)C(F)(F)F)cc3)C2=O)ccn1. The number of imide groups is 1. The summed E-state index contributed by atoms with van der Waals surface area (Å²) < 4.78 is 66.2. The third-order valence-corrected chi connectivity index (χ3v) is 6.41. The van der Waals surface area contributed by atoms with Crippen LogP contribution in [-0.4, -0.2) is 55.0 Å². The highest BCUT2D eigenvalue weighted by atomic mass is 32.2. The molecule has 1 aromatic heterocycles. The van der Waals surface area contributed by atoms with E-state index in [1.165, 1.54) is 17.2 Å². The number of carbonyl (C=O) groups is 3. The highest BCUT2D eigenvalue weighted by Gasteiger charge is 2.47. The third kappa shape index (κ3) is 5.88. The van der Waals surface area contributed by atoms with Gasteiger partial charge < -0.3 is 9.64 Å². The number of anilines is 2. The van der Waals surface area contributed by atoms with Crippen LogP contribution in [0.5, 0.6) is 0 Å². The Morgan fingerprint density at radius 2 is 1.86 bits per heavy atom. The van der Waals surface area contributed by atoms with Gasteiger partial charge in [-0.05, 0) is 48.4 Å². The summed E-state index contributed by atoms with van der Waals surface area (Å²) in [4.78, 5) is 42.0. The number of nitrogens with zero attached hydrogens (tertiary/aromatic N) is 3. The molecule has 0 unspecified atom stereocenters. The van der Waals surface area contributed by atoms with E-state index in [4.69, 9.17) is 4.74 Å². The summed E-state index contributed by atoms with van der Waals surface area (Å²) in [7, 11) is -5.56. The van der Waals surface area contributed by atoms with E-state index in [2.05, 4.69) is 10.3 Å². The minimum Gasteiger partial charge on any atom is -0.449 e. The summed E-state index contributed by atoms with van der Waals surface area (Å²) in [6, 6.07) is 5.60. The van der Waals surface area contributed by atoms with Gasteiger partial charge in [0.25, 0.3) is 15.7 Å². The molecule has 1 N–H and O–H groups in total. The molecule has 1 fully saturated rings. The lowest BCUT2D eigenvalue weighted by atomic mass is 10.2. The molecule has 35 heavy (non-hydrogen) atoms. The number of unbranched alkanes of at least 4 members (excludes halogenated alkanes) is 1. The smallest absolute Gasteiger partial charge is 0.449 e. The van der Waals surface area contributed by atoms with E-state index in [0.29, 0.717) is 24.1 Å². The maximum absolute atomic E-state index is 12.8. The first-order chi connectivity index (χ1) is 16.4. The summed E-state index contributed by atoms with van der Waals surface area (Å²) in [5, 5.41) is 2.47. The highest BCUT2D eigenvalue weighted by Crippen LogP contribution is 2.32. The Hall–Kier alpha value is -3.68. The van der Waals surface area contributed by atoms with Crippen LogP contribution in [0.4, 0.5) is 34.3 Å². The Labute approximate surface area is 198 Å². The molecule has 0 spiro atoms.